The van der Waals surface area contributed by atoms with Crippen LogP contribution in [0.3, 0.4) is 0 Å². The van der Waals surface area contributed by atoms with Crippen molar-refractivity contribution in [1.82, 2.24) is 4.98 Å². The van der Waals surface area contributed by atoms with E-state index in [-0.39, 0.29) is 33.0 Å². The molecule has 0 bridgehead atoms. The number of ketones is 1. The van der Waals surface area contributed by atoms with Crippen molar-refractivity contribution in [1.29, 1.82) is 0 Å². The number of ether oxygens (including phenoxy) is 1. The second kappa shape index (κ2) is 35.5. The third-order valence-corrected chi connectivity index (χ3v) is 6.84. The Morgan fingerprint density at radius 1 is 0.723 bits per heavy atom. The number of carbonyl (C=O) groups is 2. The average Bonchev–Trinajstić information content (AvgIpc) is 2.92. The summed E-state index contributed by atoms with van der Waals surface area (Å²) < 4.78 is 5.06. The fourth-order valence-corrected chi connectivity index (χ4v) is 3.97. The molecule has 1 aromatic rings. The van der Waals surface area contributed by atoms with Gasteiger partial charge in [0.15, 0.2) is 0 Å². The van der Waals surface area contributed by atoms with E-state index in [0.29, 0.717) is 29.3 Å². The summed E-state index contributed by atoms with van der Waals surface area (Å²) in [5.41, 5.74) is 0.938. The quantitative estimate of drug-likeness (QED) is 0.119. The first kappa shape index (κ1) is 54.7. The van der Waals surface area contributed by atoms with Crippen molar-refractivity contribution in [2.24, 2.45) is 23.2 Å². The Balaban J connectivity index is -0.000000166. The van der Waals surface area contributed by atoms with Gasteiger partial charge in [-0.1, -0.05) is 122 Å². The molecule has 0 fully saturated rings. The Morgan fingerprint density at radius 3 is 1.51 bits per heavy atom. The molecule has 2 N–H and O–H groups in total. The lowest BCUT2D eigenvalue weighted by Gasteiger charge is -2.17. The molecule has 0 saturated carbocycles. The molecule has 2 atom stereocenters. The minimum Gasteiger partial charge on any atom is -0.462 e. The van der Waals surface area contributed by atoms with Gasteiger partial charge in [-0.05, 0) is 88.2 Å². The lowest BCUT2D eigenvalue weighted by atomic mass is 9.89. The number of pyridine rings is 1. The maximum Gasteiger partial charge on any atom is 0.339 e. The number of nitrogens with zero attached hydrogens (tertiary/aromatic N) is 1. The molecule has 0 saturated heterocycles. The van der Waals surface area contributed by atoms with Crippen molar-refractivity contribution < 1.29 is 24.5 Å². The van der Waals surface area contributed by atoms with E-state index in [2.05, 4.69) is 67.3 Å². The van der Waals surface area contributed by atoms with Crippen LogP contribution in [-0.2, 0) is 9.53 Å². The molecule has 1 rings (SSSR count). The molecule has 0 aliphatic carbocycles. The fourth-order valence-electron chi connectivity index (χ4n) is 3.97. The van der Waals surface area contributed by atoms with Crippen LogP contribution < -0.4 is 0 Å². The molecular weight excluding hydrogens is 586 g/mol. The topological polar surface area (TPSA) is 96.7 Å². The SMILES string of the molecule is C.C.CC(=O)CCCCC(C)(C)C.CC(C)CCCC[C@@H](C)O.CC(C)CCCC[C@H](C)O.CC(C)CCOC(=O)c1cccnc1. The summed E-state index contributed by atoms with van der Waals surface area (Å²) in [6.45, 7) is 25.7. The average molecular weight is 670 g/mol. The van der Waals surface area contributed by atoms with Crippen LogP contribution in [0.1, 0.15) is 192 Å². The summed E-state index contributed by atoms with van der Waals surface area (Å²) in [5.74, 6) is 2.21. The van der Waals surface area contributed by atoms with Crippen LogP contribution in [0, 0.1) is 23.2 Å². The minimum atomic E-state index is -0.293. The third-order valence-electron chi connectivity index (χ3n) is 6.84. The molecule has 0 aliphatic heterocycles. The van der Waals surface area contributed by atoms with E-state index in [9.17, 15) is 9.59 Å². The summed E-state index contributed by atoms with van der Waals surface area (Å²) in [4.78, 5) is 25.8. The van der Waals surface area contributed by atoms with E-state index in [1.165, 1.54) is 57.6 Å². The van der Waals surface area contributed by atoms with Gasteiger partial charge in [-0.3, -0.25) is 4.98 Å². The van der Waals surface area contributed by atoms with Crippen molar-refractivity contribution in [3.8, 4) is 0 Å². The summed E-state index contributed by atoms with van der Waals surface area (Å²) in [6.07, 6.45) is 17.5. The van der Waals surface area contributed by atoms with Gasteiger partial charge in [-0.15, -0.1) is 0 Å². The monoisotopic (exact) mass is 670 g/mol. The fraction of sp³-hybridized carbons (Fsp3) is 0.829. The lowest BCUT2D eigenvalue weighted by Crippen LogP contribution is -2.08. The van der Waals surface area contributed by atoms with E-state index in [1.807, 2.05) is 13.8 Å². The van der Waals surface area contributed by atoms with Gasteiger partial charge in [0.05, 0.1) is 24.4 Å². The predicted molar refractivity (Wildman–Crippen MR) is 206 cm³/mol. The van der Waals surface area contributed by atoms with Crippen molar-refractivity contribution >= 4 is 11.8 Å². The van der Waals surface area contributed by atoms with Gasteiger partial charge in [-0.25, -0.2) is 4.79 Å². The number of Topliss-reactive ketones (excluding diaryl/α,β-unsaturated/α-hetero) is 1. The normalized spacial score (nSPS) is 11.8. The number of carbonyl (C=O) groups excluding carboxylic acids is 2. The van der Waals surface area contributed by atoms with Crippen LogP contribution in [0.2, 0.25) is 0 Å². The number of aliphatic hydroxyl groups is 2. The van der Waals surface area contributed by atoms with Gasteiger partial charge in [0.2, 0.25) is 0 Å². The Kier molecular flexibility index (Phi) is 41.3. The zero-order valence-corrected chi connectivity index (χ0v) is 31.7. The molecule has 6 heteroatoms. The van der Waals surface area contributed by atoms with Crippen LogP contribution >= 0.6 is 0 Å². The highest BCUT2D eigenvalue weighted by Crippen LogP contribution is 2.22. The van der Waals surface area contributed by atoms with Gasteiger partial charge >= 0.3 is 5.97 Å². The molecule has 0 amide bonds. The Morgan fingerprint density at radius 2 is 1.17 bits per heavy atom. The van der Waals surface area contributed by atoms with Crippen molar-refractivity contribution in [2.75, 3.05) is 6.61 Å². The molecule has 0 unspecified atom stereocenters. The summed E-state index contributed by atoms with van der Waals surface area (Å²) in [6, 6.07) is 3.42. The Hall–Kier alpha value is -1.79. The van der Waals surface area contributed by atoms with Gasteiger partial charge in [0.1, 0.15) is 5.78 Å². The molecule has 1 aromatic heterocycles. The highest BCUT2D eigenvalue weighted by Gasteiger charge is 2.09. The second-order valence-electron chi connectivity index (χ2n) is 15.1. The van der Waals surface area contributed by atoms with Crippen LogP contribution in [0.4, 0.5) is 0 Å². The standard InChI is InChI=1S/C11H15NO2.C10H20O.2C9H20O.2CH4/c1-9(2)5-7-14-11(13)10-4-3-6-12-8-10;1-9(11)7-5-6-8-10(2,3)4;2*1-8(2)6-4-5-7-9(3)10;;/h3-4,6,8-9H,5,7H2,1-2H3;5-8H2,1-4H3;2*8-10H,4-7H2,1-3H3;2*1H4/t;;2*9-;;/m..10../s1. The number of hydrogen-bond donors (Lipinski definition) is 2. The van der Waals surface area contributed by atoms with Crippen LogP contribution in [-0.4, -0.2) is 45.8 Å². The number of hydrogen-bond acceptors (Lipinski definition) is 6. The molecule has 6 nitrogen and oxygen atoms in total. The molecule has 282 valence electrons. The molecule has 1 heterocycles. The number of esters is 1. The Bertz CT molecular complexity index is 743. The Labute approximate surface area is 294 Å². The lowest BCUT2D eigenvalue weighted by molar-refractivity contribution is -0.117. The van der Waals surface area contributed by atoms with E-state index < -0.39 is 0 Å². The van der Waals surface area contributed by atoms with E-state index in [4.69, 9.17) is 14.9 Å². The molecule has 47 heavy (non-hydrogen) atoms. The zero-order chi connectivity index (χ0) is 35.3. The smallest absolute Gasteiger partial charge is 0.339 e. The summed E-state index contributed by atoms with van der Waals surface area (Å²) in [7, 11) is 0. The van der Waals surface area contributed by atoms with Crippen LogP contribution in [0.25, 0.3) is 0 Å². The third kappa shape index (κ3) is 54.0. The highest BCUT2D eigenvalue weighted by molar-refractivity contribution is 5.88. The number of aromatic nitrogens is 1. The predicted octanol–water partition coefficient (Wildman–Crippen LogP) is 11.9. The molecule has 0 aliphatic rings. The second-order valence-corrected chi connectivity index (χ2v) is 15.1. The van der Waals surface area contributed by atoms with Crippen molar-refractivity contribution in [3.63, 3.8) is 0 Å². The first-order valence-electron chi connectivity index (χ1n) is 17.8. The van der Waals surface area contributed by atoms with Gasteiger partial charge in [0, 0.05) is 18.8 Å². The zero-order valence-electron chi connectivity index (χ0n) is 31.7. The van der Waals surface area contributed by atoms with Gasteiger partial charge in [0.25, 0.3) is 0 Å². The molecular formula is C41H83NO5. The maximum atomic E-state index is 11.4. The van der Waals surface area contributed by atoms with Crippen molar-refractivity contribution in [2.45, 2.75) is 194 Å². The number of rotatable bonds is 18. The number of aliphatic hydroxyl groups excluding tert-OH is 2. The first-order valence-corrected chi connectivity index (χ1v) is 17.8. The van der Waals surface area contributed by atoms with E-state index in [0.717, 1.165) is 43.9 Å². The maximum absolute atomic E-state index is 11.4. The van der Waals surface area contributed by atoms with Crippen LogP contribution in [0.15, 0.2) is 24.5 Å². The summed E-state index contributed by atoms with van der Waals surface area (Å²) in [5, 5.41) is 17.8. The number of unbranched alkanes of at least 4 members (excludes halogenated alkanes) is 3. The van der Waals surface area contributed by atoms with Crippen molar-refractivity contribution in [3.05, 3.63) is 30.1 Å². The first-order chi connectivity index (χ1) is 20.9. The molecule has 0 aromatic carbocycles. The minimum absolute atomic E-state index is 0. The van der Waals surface area contributed by atoms with E-state index >= 15 is 0 Å². The molecule has 0 radical (unpaired) electrons. The highest BCUT2D eigenvalue weighted by atomic mass is 16.5. The molecule has 0 spiro atoms. The van der Waals surface area contributed by atoms with Gasteiger partial charge < -0.3 is 19.7 Å². The van der Waals surface area contributed by atoms with Gasteiger partial charge in [-0.2, -0.15) is 0 Å². The largest absolute Gasteiger partial charge is 0.462 e. The van der Waals surface area contributed by atoms with Crippen LogP contribution in [0.5, 0.6) is 0 Å². The van der Waals surface area contributed by atoms with E-state index in [1.54, 1.807) is 25.3 Å². The summed E-state index contributed by atoms with van der Waals surface area (Å²) >= 11 is 0.